The molecule has 1 aliphatic rings. The van der Waals surface area contributed by atoms with E-state index < -0.39 is 0 Å². The Balaban J connectivity index is 1.86. The van der Waals surface area contributed by atoms with Crippen LogP contribution >= 0.6 is 0 Å². The van der Waals surface area contributed by atoms with Crippen LogP contribution in [-0.2, 0) is 22.7 Å². The van der Waals surface area contributed by atoms with Gasteiger partial charge in [0.1, 0.15) is 5.82 Å². The molecular weight excluding hydrogens is 344 g/mol. The highest BCUT2D eigenvalue weighted by Gasteiger charge is 2.31. The number of aromatic amines is 1. The molecule has 1 aromatic carbocycles. The van der Waals surface area contributed by atoms with E-state index in [4.69, 9.17) is 4.74 Å². The third kappa shape index (κ3) is 4.61. The van der Waals surface area contributed by atoms with Crippen LogP contribution in [0.15, 0.2) is 35.1 Å². The van der Waals surface area contributed by atoms with E-state index in [2.05, 4.69) is 34.0 Å². The highest BCUT2D eigenvalue weighted by Crippen LogP contribution is 2.21. The molecule has 1 saturated heterocycles. The number of nitrogens with one attached hydrogen (secondary N) is 2. The molecule has 2 aromatic rings. The maximum atomic E-state index is 12.2. The van der Waals surface area contributed by atoms with Gasteiger partial charge in [0.15, 0.2) is 0 Å². The third-order valence-corrected chi connectivity index (χ3v) is 4.66. The first kappa shape index (κ1) is 19.3. The Morgan fingerprint density at radius 1 is 1.30 bits per heavy atom. The van der Waals surface area contributed by atoms with Crippen LogP contribution in [0.1, 0.15) is 25.1 Å². The maximum absolute atomic E-state index is 12.2. The smallest absolute Gasteiger partial charge is 0.251 e. The van der Waals surface area contributed by atoms with E-state index in [9.17, 15) is 9.59 Å². The zero-order chi connectivity index (χ0) is 19.4. The van der Waals surface area contributed by atoms with Gasteiger partial charge >= 0.3 is 0 Å². The average Bonchev–Trinajstić information content (AvgIpc) is 2.61. The second-order valence-electron chi connectivity index (χ2n) is 7.17. The second-order valence-corrected chi connectivity index (χ2v) is 7.17. The fourth-order valence-electron chi connectivity index (χ4n) is 3.55. The van der Waals surface area contributed by atoms with E-state index in [-0.39, 0.29) is 30.0 Å². The van der Waals surface area contributed by atoms with Crippen molar-refractivity contribution in [3.8, 4) is 11.4 Å². The Morgan fingerprint density at radius 2 is 2.11 bits per heavy atom. The zero-order valence-electron chi connectivity index (χ0n) is 16.0. The number of amides is 1. The van der Waals surface area contributed by atoms with Crippen LogP contribution in [0.3, 0.4) is 0 Å². The number of aromatic nitrogens is 2. The molecule has 0 saturated carbocycles. The average molecular weight is 370 g/mol. The second kappa shape index (κ2) is 8.45. The quantitative estimate of drug-likeness (QED) is 0.805. The number of hydrogen-bond acceptors (Lipinski definition) is 5. The SMILES string of the molecule is COCc1cc(=O)[nH]c(-c2cccc(CN3CCNC(=O)[C@H]3C(C)C)c2)n1. The Kier molecular flexibility index (Phi) is 6.03. The Hall–Kier alpha value is -2.51. The molecule has 3 rings (SSSR count). The lowest BCUT2D eigenvalue weighted by molar-refractivity contribution is -0.131. The Labute approximate surface area is 158 Å². The fraction of sp³-hybridized carbons (Fsp3) is 0.450. The lowest BCUT2D eigenvalue weighted by Gasteiger charge is -2.37. The van der Waals surface area contributed by atoms with Crippen molar-refractivity contribution in [3.63, 3.8) is 0 Å². The molecule has 1 amide bonds. The van der Waals surface area contributed by atoms with Gasteiger partial charge in [0.25, 0.3) is 5.56 Å². The standard InChI is InChI=1S/C20H26N4O3/c1-13(2)18-20(26)21-7-8-24(18)11-14-5-4-6-15(9-14)19-22-16(12-27-3)10-17(25)23-19/h4-6,9-10,13,18H,7-8,11-12H2,1-3H3,(H,21,26)(H,22,23,25)/t18-/m1/s1. The number of nitrogens with zero attached hydrogens (tertiary/aromatic N) is 2. The van der Waals surface area contributed by atoms with Gasteiger partial charge in [0, 0.05) is 38.4 Å². The number of ether oxygens (including phenoxy) is 1. The number of hydrogen-bond donors (Lipinski definition) is 2. The third-order valence-electron chi connectivity index (χ3n) is 4.66. The van der Waals surface area contributed by atoms with Crippen LogP contribution in [0, 0.1) is 5.92 Å². The summed E-state index contributed by atoms with van der Waals surface area (Å²) in [7, 11) is 1.57. The number of piperazine rings is 1. The Morgan fingerprint density at radius 3 is 2.85 bits per heavy atom. The molecule has 1 fully saturated rings. The van der Waals surface area contributed by atoms with Gasteiger partial charge < -0.3 is 15.0 Å². The first-order valence-corrected chi connectivity index (χ1v) is 9.18. The summed E-state index contributed by atoms with van der Waals surface area (Å²) in [5, 5.41) is 2.95. The Bertz CT molecular complexity index is 862. The van der Waals surface area contributed by atoms with E-state index in [1.54, 1.807) is 7.11 Å². The lowest BCUT2D eigenvalue weighted by atomic mass is 9.98. The summed E-state index contributed by atoms with van der Waals surface area (Å²) in [6, 6.07) is 9.22. The van der Waals surface area contributed by atoms with Gasteiger partial charge in [0.05, 0.1) is 18.3 Å². The number of benzene rings is 1. The molecule has 1 aliphatic heterocycles. The predicted octanol–water partition coefficient (Wildman–Crippen LogP) is 1.54. The predicted molar refractivity (Wildman–Crippen MR) is 103 cm³/mol. The number of rotatable bonds is 6. The lowest BCUT2D eigenvalue weighted by Crippen LogP contribution is -2.56. The van der Waals surface area contributed by atoms with Crippen LogP contribution in [-0.4, -0.2) is 47.0 Å². The van der Waals surface area contributed by atoms with Gasteiger partial charge in [-0.2, -0.15) is 0 Å². The molecule has 0 radical (unpaired) electrons. The van der Waals surface area contributed by atoms with E-state index in [0.29, 0.717) is 24.6 Å². The van der Waals surface area contributed by atoms with Crippen molar-refractivity contribution < 1.29 is 9.53 Å². The van der Waals surface area contributed by atoms with Crippen molar-refractivity contribution in [2.24, 2.45) is 5.92 Å². The molecule has 27 heavy (non-hydrogen) atoms. The molecule has 0 aliphatic carbocycles. The summed E-state index contributed by atoms with van der Waals surface area (Å²) in [6.07, 6.45) is 0. The van der Waals surface area contributed by atoms with Crippen molar-refractivity contribution in [3.05, 3.63) is 51.9 Å². The molecular formula is C20H26N4O3. The van der Waals surface area contributed by atoms with Crippen LogP contribution in [0.2, 0.25) is 0 Å². The molecule has 0 spiro atoms. The van der Waals surface area contributed by atoms with E-state index >= 15 is 0 Å². The van der Waals surface area contributed by atoms with Gasteiger partial charge in [-0.05, 0) is 17.5 Å². The highest BCUT2D eigenvalue weighted by molar-refractivity contribution is 5.82. The van der Waals surface area contributed by atoms with Crippen molar-refractivity contribution in [2.45, 2.75) is 33.0 Å². The molecule has 1 atom stereocenters. The van der Waals surface area contributed by atoms with Crippen molar-refractivity contribution in [2.75, 3.05) is 20.2 Å². The van der Waals surface area contributed by atoms with E-state index in [1.807, 2.05) is 24.3 Å². The summed E-state index contributed by atoms with van der Waals surface area (Å²) in [6.45, 7) is 6.57. The normalized spacial score (nSPS) is 17.9. The topological polar surface area (TPSA) is 87.3 Å². The number of methoxy groups -OCH3 is 1. The van der Waals surface area contributed by atoms with E-state index in [1.165, 1.54) is 6.07 Å². The summed E-state index contributed by atoms with van der Waals surface area (Å²) in [4.78, 5) is 33.6. The van der Waals surface area contributed by atoms with Crippen LogP contribution in [0.5, 0.6) is 0 Å². The van der Waals surface area contributed by atoms with Gasteiger partial charge in [0.2, 0.25) is 5.91 Å². The van der Waals surface area contributed by atoms with Gasteiger partial charge in [-0.15, -0.1) is 0 Å². The monoisotopic (exact) mass is 370 g/mol. The summed E-state index contributed by atoms with van der Waals surface area (Å²) >= 11 is 0. The molecule has 1 aromatic heterocycles. The van der Waals surface area contributed by atoms with Gasteiger partial charge in [-0.25, -0.2) is 4.98 Å². The van der Waals surface area contributed by atoms with Gasteiger partial charge in [-0.1, -0.05) is 32.0 Å². The largest absolute Gasteiger partial charge is 0.378 e. The molecule has 0 unspecified atom stereocenters. The van der Waals surface area contributed by atoms with Crippen molar-refractivity contribution in [1.82, 2.24) is 20.2 Å². The summed E-state index contributed by atoms with van der Waals surface area (Å²) < 4.78 is 5.08. The maximum Gasteiger partial charge on any atom is 0.251 e. The first-order chi connectivity index (χ1) is 13.0. The number of H-pyrrole nitrogens is 1. The van der Waals surface area contributed by atoms with Crippen molar-refractivity contribution in [1.29, 1.82) is 0 Å². The van der Waals surface area contributed by atoms with Gasteiger partial charge in [-0.3, -0.25) is 14.5 Å². The molecule has 7 heteroatoms. The minimum atomic E-state index is -0.204. The number of carbonyl (C=O) groups is 1. The number of carbonyl (C=O) groups excluding carboxylic acids is 1. The molecule has 2 N–H and O–H groups in total. The highest BCUT2D eigenvalue weighted by atomic mass is 16.5. The minimum absolute atomic E-state index is 0.0886. The zero-order valence-corrected chi connectivity index (χ0v) is 16.0. The molecule has 0 bridgehead atoms. The minimum Gasteiger partial charge on any atom is -0.378 e. The summed E-state index contributed by atoms with van der Waals surface area (Å²) in [5.41, 5.74) is 2.30. The summed E-state index contributed by atoms with van der Waals surface area (Å²) in [5.74, 6) is 0.844. The molecule has 2 heterocycles. The fourth-order valence-corrected chi connectivity index (χ4v) is 3.55. The molecule has 7 nitrogen and oxygen atoms in total. The van der Waals surface area contributed by atoms with E-state index in [0.717, 1.165) is 17.7 Å². The van der Waals surface area contributed by atoms with Crippen LogP contribution in [0.25, 0.3) is 11.4 Å². The van der Waals surface area contributed by atoms with Crippen LogP contribution < -0.4 is 10.9 Å². The van der Waals surface area contributed by atoms with Crippen LogP contribution in [0.4, 0.5) is 0 Å². The van der Waals surface area contributed by atoms with Crippen molar-refractivity contribution >= 4 is 5.91 Å². The first-order valence-electron chi connectivity index (χ1n) is 9.18. The molecule has 144 valence electrons.